The number of halogens is 2. The highest BCUT2D eigenvalue weighted by Gasteiger charge is 2.22. The van der Waals surface area contributed by atoms with Gasteiger partial charge in [-0.25, -0.2) is 0 Å². The molecule has 0 radical (unpaired) electrons. The Hall–Kier alpha value is 0.420. The Bertz CT molecular complexity index is 179. The first-order valence-corrected chi connectivity index (χ1v) is 6.24. The van der Waals surface area contributed by atoms with E-state index in [-0.39, 0.29) is 24.8 Å². The third-order valence-corrected chi connectivity index (χ3v) is 3.64. The molecule has 0 aromatic carbocycles. The van der Waals surface area contributed by atoms with E-state index in [1.807, 2.05) is 0 Å². The molecule has 0 aromatic rings. The lowest BCUT2D eigenvalue weighted by molar-refractivity contribution is 0.182. The summed E-state index contributed by atoms with van der Waals surface area (Å²) < 4.78 is 10.4. The second-order valence-corrected chi connectivity index (χ2v) is 5.02. The smallest absolute Gasteiger partial charge is 0.0509 e. The molecule has 0 aliphatic carbocycles. The molecule has 4 N–H and O–H groups in total. The summed E-state index contributed by atoms with van der Waals surface area (Å²) in [5.41, 5.74) is 10.9. The van der Waals surface area contributed by atoms with Crippen LogP contribution in [-0.4, -0.2) is 39.5 Å². The van der Waals surface area contributed by atoms with Crippen molar-refractivity contribution in [3.8, 4) is 0 Å². The first-order chi connectivity index (χ1) is 7.69. The standard InChI is InChI=1S/2C6H13NO.2ClH/c2*1-5-3-8-4-6(5)2-7;;/h2*5-6H,2-4,7H2,1H3;2*1H/t2*5-,6-;;/m10../s1. The second kappa shape index (κ2) is 11.3. The molecule has 2 saturated heterocycles. The van der Waals surface area contributed by atoms with E-state index >= 15 is 0 Å². The van der Waals surface area contributed by atoms with E-state index in [4.69, 9.17) is 20.9 Å². The van der Waals surface area contributed by atoms with Crippen molar-refractivity contribution in [2.75, 3.05) is 39.5 Å². The third kappa shape index (κ3) is 6.55. The van der Waals surface area contributed by atoms with Crippen LogP contribution in [-0.2, 0) is 9.47 Å². The normalized spacial score (nSPS) is 34.0. The predicted octanol–water partition coefficient (Wildman–Crippen LogP) is 1.30. The Morgan fingerprint density at radius 1 is 0.778 bits per heavy atom. The predicted molar refractivity (Wildman–Crippen MR) is 79.6 cm³/mol. The van der Waals surface area contributed by atoms with Gasteiger partial charge in [0.15, 0.2) is 0 Å². The molecule has 0 aromatic heterocycles. The largest absolute Gasteiger partial charge is 0.381 e. The van der Waals surface area contributed by atoms with Crippen molar-refractivity contribution in [1.29, 1.82) is 0 Å². The van der Waals surface area contributed by atoms with Crippen molar-refractivity contribution < 1.29 is 9.47 Å². The van der Waals surface area contributed by atoms with E-state index in [1.54, 1.807) is 0 Å². The van der Waals surface area contributed by atoms with Gasteiger partial charge in [-0.3, -0.25) is 0 Å². The van der Waals surface area contributed by atoms with Gasteiger partial charge in [0.05, 0.1) is 13.2 Å². The van der Waals surface area contributed by atoms with E-state index in [9.17, 15) is 0 Å². The van der Waals surface area contributed by atoms with Crippen molar-refractivity contribution in [1.82, 2.24) is 0 Å². The van der Waals surface area contributed by atoms with Crippen LogP contribution in [0.15, 0.2) is 0 Å². The molecule has 2 aliphatic rings. The molecular weight excluding hydrogens is 275 g/mol. The molecule has 0 spiro atoms. The van der Waals surface area contributed by atoms with Crippen molar-refractivity contribution in [3.05, 3.63) is 0 Å². The zero-order valence-electron chi connectivity index (χ0n) is 11.3. The fraction of sp³-hybridized carbons (Fsp3) is 1.00. The van der Waals surface area contributed by atoms with E-state index in [1.165, 1.54) is 0 Å². The summed E-state index contributed by atoms with van der Waals surface area (Å²) in [5.74, 6) is 2.60. The average molecular weight is 303 g/mol. The molecule has 2 aliphatic heterocycles. The second-order valence-electron chi connectivity index (χ2n) is 5.02. The van der Waals surface area contributed by atoms with Gasteiger partial charge >= 0.3 is 0 Å². The van der Waals surface area contributed by atoms with E-state index < -0.39 is 0 Å². The summed E-state index contributed by atoms with van der Waals surface area (Å²) in [4.78, 5) is 0. The minimum Gasteiger partial charge on any atom is -0.381 e. The highest BCUT2D eigenvalue weighted by Crippen LogP contribution is 2.18. The number of ether oxygens (including phenoxy) is 2. The van der Waals surface area contributed by atoms with Crippen LogP contribution in [0.2, 0.25) is 0 Å². The number of rotatable bonds is 2. The van der Waals surface area contributed by atoms with Gasteiger partial charge in [0.2, 0.25) is 0 Å². The van der Waals surface area contributed by atoms with Crippen molar-refractivity contribution in [3.63, 3.8) is 0 Å². The van der Waals surface area contributed by atoms with Gasteiger partial charge < -0.3 is 20.9 Å². The van der Waals surface area contributed by atoms with E-state index in [0.717, 1.165) is 39.5 Å². The summed E-state index contributed by atoms with van der Waals surface area (Å²) >= 11 is 0. The molecule has 0 saturated carbocycles. The fourth-order valence-corrected chi connectivity index (χ4v) is 2.01. The van der Waals surface area contributed by atoms with Gasteiger partial charge in [-0.1, -0.05) is 13.8 Å². The van der Waals surface area contributed by atoms with Crippen LogP contribution in [0.5, 0.6) is 0 Å². The van der Waals surface area contributed by atoms with E-state index in [0.29, 0.717) is 23.7 Å². The minimum atomic E-state index is 0. The van der Waals surface area contributed by atoms with E-state index in [2.05, 4.69) is 13.8 Å². The molecular formula is C12H28Cl2N2O2. The van der Waals surface area contributed by atoms with Crippen molar-refractivity contribution in [2.45, 2.75) is 13.8 Å². The molecule has 18 heavy (non-hydrogen) atoms. The molecule has 2 rings (SSSR count). The molecule has 6 heteroatoms. The van der Waals surface area contributed by atoms with Crippen LogP contribution in [0.4, 0.5) is 0 Å². The molecule has 2 heterocycles. The van der Waals surface area contributed by atoms with Crippen LogP contribution in [0.25, 0.3) is 0 Å². The lowest BCUT2D eigenvalue weighted by Gasteiger charge is -2.07. The summed E-state index contributed by atoms with van der Waals surface area (Å²) in [7, 11) is 0. The van der Waals surface area contributed by atoms with Gasteiger partial charge in [0.1, 0.15) is 0 Å². The van der Waals surface area contributed by atoms with Crippen LogP contribution in [0.1, 0.15) is 13.8 Å². The van der Waals surface area contributed by atoms with Crippen LogP contribution in [0, 0.1) is 23.7 Å². The van der Waals surface area contributed by atoms with Gasteiger partial charge in [0, 0.05) is 13.2 Å². The molecule has 2 fully saturated rings. The number of hydrogen-bond acceptors (Lipinski definition) is 4. The zero-order chi connectivity index (χ0) is 12.0. The molecule has 0 unspecified atom stereocenters. The monoisotopic (exact) mass is 302 g/mol. The molecule has 0 amide bonds. The first-order valence-electron chi connectivity index (χ1n) is 6.24. The SMILES string of the molecule is C[C@@H]1COC[C@H]1CN.C[C@H]1COC[C@@H]1CN.Cl.Cl. The zero-order valence-corrected chi connectivity index (χ0v) is 13.0. The molecule has 4 nitrogen and oxygen atoms in total. The maximum atomic E-state index is 5.44. The van der Waals surface area contributed by atoms with Crippen LogP contribution < -0.4 is 11.5 Å². The lowest BCUT2D eigenvalue weighted by atomic mass is 9.99. The summed E-state index contributed by atoms with van der Waals surface area (Å²) in [6, 6.07) is 0. The van der Waals surface area contributed by atoms with Gasteiger partial charge in [0.25, 0.3) is 0 Å². The minimum absolute atomic E-state index is 0. The topological polar surface area (TPSA) is 70.5 Å². The molecule has 4 atom stereocenters. The summed E-state index contributed by atoms with van der Waals surface area (Å²) in [5, 5.41) is 0. The Morgan fingerprint density at radius 3 is 1.22 bits per heavy atom. The quantitative estimate of drug-likeness (QED) is 0.806. The Balaban J connectivity index is 0. The maximum absolute atomic E-state index is 5.44. The fourth-order valence-electron chi connectivity index (χ4n) is 2.01. The van der Waals surface area contributed by atoms with Crippen molar-refractivity contribution >= 4 is 24.8 Å². The van der Waals surface area contributed by atoms with Crippen LogP contribution in [0.3, 0.4) is 0 Å². The van der Waals surface area contributed by atoms with Crippen LogP contribution >= 0.6 is 24.8 Å². The number of nitrogens with two attached hydrogens (primary N) is 2. The van der Waals surface area contributed by atoms with Gasteiger partial charge in [-0.05, 0) is 36.8 Å². The molecule has 112 valence electrons. The number of hydrogen-bond donors (Lipinski definition) is 2. The maximum Gasteiger partial charge on any atom is 0.0509 e. The lowest BCUT2D eigenvalue weighted by Crippen LogP contribution is -2.19. The third-order valence-electron chi connectivity index (χ3n) is 3.64. The Kier molecular flexibility index (Phi) is 13.0. The molecule has 0 bridgehead atoms. The van der Waals surface area contributed by atoms with Gasteiger partial charge in [-0.2, -0.15) is 0 Å². The van der Waals surface area contributed by atoms with Crippen molar-refractivity contribution in [2.24, 2.45) is 35.1 Å². The Morgan fingerprint density at radius 2 is 1.11 bits per heavy atom. The summed E-state index contributed by atoms with van der Waals surface area (Å²) in [6.07, 6.45) is 0. The first kappa shape index (κ1) is 20.7. The summed E-state index contributed by atoms with van der Waals surface area (Å²) in [6.45, 7) is 9.48. The highest BCUT2D eigenvalue weighted by atomic mass is 35.5. The van der Waals surface area contributed by atoms with Gasteiger partial charge in [-0.15, -0.1) is 24.8 Å². The highest BCUT2D eigenvalue weighted by molar-refractivity contribution is 5.85. The average Bonchev–Trinajstić information content (AvgIpc) is 2.87. The Labute approximate surface area is 123 Å².